The molecule has 1 saturated carbocycles. The monoisotopic (exact) mass is 295 g/mol. The number of piperidine rings is 1. The summed E-state index contributed by atoms with van der Waals surface area (Å²) in [4.78, 5) is 2.63. The highest BCUT2D eigenvalue weighted by Crippen LogP contribution is 2.26. The molecular weight excluding hydrogens is 258 g/mol. The van der Waals surface area contributed by atoms with Crippen LogP contribution in [0.4, 0.5) is 0 Å². The van der Waals surface area contributed by atoms with Gasteiger partial charge in [-0.15, -0.1) is 0 Å². The van der Waals surface area contributed by atoms with E-state index in [9.17, 15) is 5.11 Å². The normalized spacial score (nSPS) is 32.3. The van der Waals surface area contributed by atoms with Gasteiger partial charge < -0.3 is 5.11 Å². The highest BCUT2D eigenvalue weighted by atomic mass is 16.3. The van der Waals surface area contributed by atoms with E-state index in [1.807, 2.05) is 0 Å². The van der Waals surface area contributed by atoms with Crippen molar-refractivity contribution >= 4 is 0 Å². The zero-order valence-corrected chi connectivity index (χ0v) is 14.2. The minimum absolute atomic E-state index is 0.0809. The zero-order chi connectivity index (χ0) is 14.9. The molecule has 2 nitrogen and oxygen atoms in total. The molecule has 2 unspecified atom stereocenters. The molecule has 1 aliphatic heterocycles. The summed E-state index contributed by atoms with van der Waals surface area (Å²) in [6.45, 7) is 4.77. The maximum absolute atomic E-state index is 10.7. The Morgan fingerprint density at radius 1 is 0.762 bits per heavy atom. The third-order valence-electron chi connectivity index (χ3n) is 5.89. The molecule has 2 atom stereocenters. The lowest BCUT2D eigenvalue weighted by Crippen LogP contribution is -2.47. The Kier molecular flexibility index (Phi) is 8.10. The Morgan fingerprint density at radius 3 is 1.86 bits per heavy atom. The van der Waals surface area contributed by atoms with E-state index >= 15 is 0 Å². The number of aliphatic hydroxyl groups is 1. The lowest BCUT2D eigenvalue weighted by molar-refractivity contribution is 0.0172. The molecular formula is C19H37NO. The summed E-state index contributed by atoms with van der Waals surface area (Å²) in [5.74, 6) is 0.935. The maximum atomic E-state index is 10.7. The summed E-state index contributed by atoms with van der Waals surface area (Å²) in [6, 6.07) is 0.447. The van der Waals surface area contributed by atoms with E-state index in [1.165, 1.54) is 90.1 Å². The highest BCUT2D eigenvalue weighted by Gasteiger charge is 2.28. The number of hydrogen-bond donors (Lipinski definition) is 1. The molecule has 2 fully saturated rings. The summed E-state index contributed by atoms with van der Waals surface area (Å²) in [5, 5.41) is 10.7. The molecule has 0 bridgehead atoms. The number of nitrogens with zero attached hydrogens (tertiary/aromatic N) is 1. The first-order valence-electron chi connectivity index (χ1n) is 9.73. The van der Waals surface area contributed by atoms with Gasteiger partial charge in [0.1, 0.15) is 0 Å². The summed E-state index contributed by atoms with van der Waals surface area (Å²) < 4.78 is 0. The first-order valence-corrected chi connectivity index (χ1v) is 9.73. The van der Waals surface area contributed by atoms with Crippen LogP contribution in [0.25, 0.3) is 0 Å². The fourth-order valence-electron chi connectivity index (χ4n) is 4.27. The molecule has 1 saturated heterocycles. The van der Waals surface area contributed by atoms with Crippen LogP contribution in [-0.2, 0) is 0 Å². The van der Waals surface area contributed by atoms with E-state index in [0.29, 0.717) is 6.04 Å². The van der Waals surface area contributed by atoms with Crippen molar-refractivity contribution in [1.82, 2.24) is 4.90 Å². The predicted octanol–water partition coefficient (Wildman–Crippen LogP) is 4.75. The van der Waals surface area contributed by atoms with Crippen LogP contribution in [0.2, 0.25) is 0 Å². The van der Waals surface area contributed by atoms with Crippen molar-refractivity contribution in [2.24, 2.45) is 5.92 Å². The molecule has 0 amide bonds. The number of rotatable bonds is 2. The molecule has 0 radical (unpaired) electrons. The van der Waals surface area contributed by atoms with Gasteiger partial charge in [0.25, 0.3) is 0 Å². The predicted molar refractivity (Wildman–Crippen MR) is 90.6 cm³/mol. The van der Waals surface area contributed by atoms with Crippen LogP contribution >= 0.6 is 0 Å². The van der Waals surface area contributed by atoms with Crippen LogP contribution in [0.15, 0.2) is 0 Å². The molecule has 0 spiro atoms. The molecule has 2 rings (SSSR count). The molecule has 0 aromatic heterocycles. The Hall–Kier alpha value is -0.0800. The fraction of sp³-hybridized carbons (Fsp3) is 1.00. The van der Waals surface area contributed by atoms with Crippen LogP contribution in [0.3, 0.4) is 0 Å². The number of hydrogen-bond acceptors (Lipinski definition) is 2. The SMILES string of the molecule is CCC1CCN(C2CCCCCCCCCCC2O)CC1. The van der Waals surface area contributed by atoms with Gasteiger partial charge in [0, 0.05) is 6.04 Å². The Bertz CT molecular complexity index is 260. The summed E-state index contributed by atoms with van der Waals surface area (Å²) in [6.07, 6.45) is 17.0. The first kappa shape index (κ1) is 17.3. The highest BCUT2D eigenvalue weighted by molar-refractivity contribution is 4.83. The van der Waals surface area contributed by atoms with Crippen LogP contribution in [0, 0.1) is 5.92 Å². The van der Waals surface area contributed by atoms with Gasteiger partial charge >= 0.3 is 0 Å². The van der Waals surface area contributed by atoms with Crippen LogP contribution in [-0.4, -0.2) is 35.2 Å². The average Bonchev–Trinajstić information content (AvgIpc) is 2.51. The van der Waals surface area contributed by atoms with Crippen LogP contribution in [0.1, 0.15) is 90.4 Å². The molecule has 124 valence electrons. The molecule has 1 N–H and O–H groups in total. The quantitative estimate of drug-likeness (QED) is 0.794. The molecule has 2 heteroatoms. The van der Waals surface area contributed by atoms with E-state index in [-0.39, 0.29) is 6.10 Å². The lowest BCUT2D eigenvalue weighted by atomic mass is 9.90. The van der Waals surface area contributed by atoms with E-state index in [1.54, 1.807) is 0 Å². The van der Waals surface area contributed by atoms with Crippen molar-refractivity contribution in [2.45, 2.75) is 103 Å². The van der Waals surface area contributed by atoms with Crippen molar-refractivity contribution in [3.63, 3.8) is 0 Å². The molecule has 1 heterocycles. The fourth-order valence-corrected chi connectivity index (χ4v) is 4.27. The number of aliphatic hydroxyl groups excluding tert-OH is 1. The van der Waals surface area contributed by atoms with Crippen molar-refractivity contribution in [3.8, 4) is 0 Å². The van der Waals surface area contributed by atoms with E-state index in [4.69, 9.17) is 0 Å². The molecule has 0 aromatic carbocycles. The summed E-state index contributed by atoms with van der Waals surface area (Å²) in [7, 11) is 0. The smallest absolute Gasteiger partial charge is 0.0695 e. The van der Waals surface area contributed by atoms with Gasteiger partial charge in [0.2, 0.25) is 0 Å². The molecule has 21 heavy (non-hydrogen) atoms. The second-order valence-electron chi connectivity index (χ2n) is 7.43. The standard InChI is InChI=1S/C19H37NO/c1-2-17-13-15-20(16-14-17)18-11-9-7-5-3-4-6-8-10-12-19(18)21/h17-19,21H,2-16H2,1H3. The van der Waals surface area contributed by atoms with Gasteiger partial charge in [0.15, 0.2) is 0 Å². The van der Waals surface area contributed by atoms with Crippen molar-refractivity contribution < 1.29 is 5.11 Å². The summed E-state index contributed by atoms with van der Waals surface area (Å²) >= 11 is 0. The Morgan fingerprint density at radius 2 is 1.29 bits per heavy atom. The molecule has 2 aliphatic rings. The summed E-state index contributed by atoms with van der Waals surface area (Å²) in [5.41, 5.74) is 0. The van der Waals surface area contributed by atoms with Crippen molar-refractivity contribution in [1.29, 1.82) is 0 Å². The lowest BCUT2D eigenvalue weighted by Gasteiger charge is -2.40. The van der Waals surface area contributed by atoms with Crippen molar-refractivity contribution in [3.05, 3.63) is 0 Å². The van der Waals surface area contributed by atoms with E-state index < -0.39 is 0 Å². The van der Waals surface area contributed by atoms with E-state index in [2.05, 4.69) is 11.8 Å². The third-order valence-corrected chi connectivity index (χ3v) is 5.89. The first-order chi connectivity index (χ1) is 10.3. The van der Waals surface area contributed by atoms with Crippen LogP contribution < -0.4 is 0 Å². The third kappa shape index (κ3) is 5.90. The minimum Gasteiger partial charge on any atom is -0.391 e. The maximum Gasteiger partial charge on any atom is 0.0695 e. The van der Waals surface area contributed by atoms with Gasteiger partial charge in [-0.25, -0.2) is 0 Å². The zero-order valence-electron chi connectivity index (χ0n) is 14.2. The Labute approximate surface area is 132 Å². The average molecular weight is 296 g/mol. The van der Waals surface area contributed by atoms with Gasteiger partial charge in [-0.1, -0.05) is 64.7 Å². The Balaban J connectivity index is 1.86. The van der Waals surface area contributed by atoms with Crippen LogP contribution in [0.5, 0.6) is 0 Å². The van der Waals surface area contributed by atoms with Gasteiger partial charge in [-0.05, 0) is 44.7 Å². The second kappa shape index (κ2) is 9.84. The molecule has 0 aromatic rings. The largest absolute Gasteiger partial charge is 0.391 e. The second-order valence-corrected chi connectivity index (χ2v) is 7.43. The van der Waals surface area contributed by atoms with E-state index in [0.717, 1.165) is 12.3 Å². The van der Waals surface area contributed by atoms with Crippen molar-refractivity contribution in [2.75, 3.05) is 13.1 Å². The molecule has 1 aliphatic carbocycles. The van der Waals surface area contributed by atoms with Gasteiger partial charge in [-0.2, -0.15) is 0 Å². The minimum atomic E-state index is -0.0809. The number of likely N-dealkylation sites (tertiary alicyclic amines) is 1. The van der Waals surface area contributed by atoms with Gasteiger partial charge in [-0.3, -0.25) is 4.90 Å². The topological polar surface area (TPSA) is 23.5 Å². The van der Waals surface area contributed by atoms with Gasteiger partial charge in [0.05, 0.1) is 6.10 Å².